The number of hydrogen-bond acceptors (Lipinski definition) is 3. The molecule has 0 bridgehead atoms. The van der Waals surface area contributed by atoms with Crippen molar-refractivity contribution < 1.29 is 14.0 Å². The lowest BCUT2D eigenvalue weighted by atomic mass is 9.85. The zero-order chi connectivity index (χ0) is 19.6. The van der Waals surface area contributed by atoms with Gasteiger partial charge in [-0.25, -0.2) is 4.39 Å². The Morgan fingerprint density at radius 2 is 2.00 bits per heavy atom. The number of rotatable bonds is 5. The Balaban J connectivity index is 1.70. The fourth-order valence-corrected chi connectivity index (χ4v) is 3.54. The molecule has 27 heavy (non-hydrogen) atoms. The van der Waals surface area contributed by atoms with Crippen LogP contribution in [0.25, 0.3) is 0 Å². The summed E-state index contributed by atoms with van der Waals surface area (Å²) in [4.78, 5) is 26.3. The number of nitrogens with two attached hydrogens (primary N) is 1. The molecule has 3 rings (SSSR count). The number of hydrogen-bond donors (Lipinski definition) is 2. The van der Waals surface area contributed by atoms with E-state index in [1.54, 1.807) is 19.1 Å². The number of nitrogens with zero attached hydrogens (tertiary/aromatic N) is 1. The van der Waals surface area contributed by atoms with Crippen LogP contribution in [0.2, 0.25) is 0 Å². The van der Waals surface area contributed by atoms with Crippen LogP contribution >= 0.6 is 0 Å². The molecule has 1 heterocycles. The number of fused-ring (bicyclic) bond motifs is 1. The fourth-order valence-electron chi connectivity index (χ4n) is 3.54. The molecule has 2 aromatic carbocycles. The minimum atomic E-state index is -0.347. The van der Waals surface area contributed by atoms with Gasteiger partial charge in [-0.2, -0.15) is 0 Å². The highest BCUT2D eigenvalue weighted by molar-refractivity contribution is 5.87. The van der Waals surface area contributed by atoms with Gasteiger partial charge >= 0.3 is 0 Å². The second-order valence-electron chi connectivity index (χ2n) is 7.09. The zero-order valence-corrected chi connectivity index (χ0v) is 15.5. The van der Waals surface area contributed by atoms with Gasteiger partial charge in [0.1, 0.15) is 5.82 Å². The van der Waals surface area contributed by atoms with Crippen molar-refractivity contribution in [3.8, 4) is 0 Å². The standard InChI is InChI=1S/C21H24FN3O2/c1-13-7-8-15(10-18(13)22)11-24-20(26)12-25-14(2)9-17(21(23)27)16-5-3-4-6-19(16)25/h3-8,10,14,17H,9,11-12H2,1-2H3,(H2,23,27)(H,24,26). The van der Waals surface area contributed by atoms with Crippen LogP contribution in [-0.2, 0) is 16.1 Å². The van der Waals surface area contributed by atoms with E-state index in [0.717, 1.165) is 11.3 Å². The van der Waals surface area contributed by atoms with Gasteiger partial charge in [0, 0.05) is 18.3 Å². The minimum absolute atomic E-state index is 0.0000284. The molecule has 1 aliphatic rings. The predicted octanol–water partition coefficient (Wildman–Crippen LogP) is 2.62. The van der Waals surface area contributed by atoms with E-state index in [4.69, 9.17) is 5.73 Å². The van der Waals surface area contributed by atoms with Crippen molar-refractivity contribution in [1.82, 2.24) is 5.32 Å². The van der Waals surface area contributed by atoms with Gasteiger partial charge in [0.15, 0.2) is 0 Å². The van der Waals surface area contributed by atoms with Crippen LogP contribution in [0.5, 0.6) is 0 Å². The Morgan fingerprint density at radius 1 is 1.26 bits per heavy atom. The number of amides is 2. The molecule has 0 spiro atoms. The number of anilines is 1. The summed E-state index contributed by atoms with van der Waals surface area (Å²) >= 11 is 0. The van der Waals surface area contributed by atoms with Crippen molar-refractivity contribution in [1.29, 1.82) is 0 Å². The lowest BCUT2D eigenvalue weighted by molar-refractivity contribution is -0.120. The molecule has 0 saturated heterocycles. The predicted molar refractivity (Wildman–Crippen MR) is 103 cm³/mol. The SMILES string of the molecule is Cc1ccc(CNC(=O)CN2c3ccccc3C(C(N)=O)CC2C)cc1F. The normalized spacial score (nSPS) is 18.7. The molecule has 0 fully saturated rings. The van der Waals surface area contributed by atoms with Crippen LogP contribution in [0.15, 0.2) is 42.5 Å². The highest BCUT2D eigenvalue weighted by Gasteiger charge is 2.33. The molecule has 1 aliphatic heterocycles. The Kier molecular flexibility index (Phi) is 5.44. The molecule has 0 aromatic heterocycles. The average molecular weight is 369 g/mol. The van der Waals surface area contributed by atoms with Gasteiger partial charge in [0.25, 0.3) is 0 Å². The van der Waals surface area contributed by atoms with E-state index in [1.165, 1.54) is 6.07 Å². The molecular formula is C21H24FN3O2. The van der Waals surface area contributed by atoms with E-state index < -0.39 is 0 Å². The number of benzene rings is 2. The third kappa shape index (κ3) is 4.10. The molecule has 3 N–H and O–H groups in total. The molecule has 0 saturated carbocycles. The van der Waals surface area contributed by atoms with Gasteiger partial charge in [0.05, 0.1) is 12.5 Å². The Bertz CT molecular complexity index is 868. The summed E-state index contributed by atoms with van der Waals surface area (Å²) in [7, 11) is 0. The van der Waals surface area contributed by atoms with Crippen molar-refractivity contribution >= 4 is 17.5 Å². The number of para-hydroxylation sites is 1. The van der Waals surface area contributed by atoms with E-state index in [2.05, 4.69) is 5.32 Å². The summed E-state index contributed by atoms with van der Waals surface area (Å²) in [5, 5.41) is 2.84. The Morgan fingerprint density at radius 3 is 2.70 bits per heavy atom. The van der Waals surface area contributed by atoms with Gasteiger partial charge in [-0.3, -0.25) is 9.59 Å². The van der Waals surface area contributed by atoms with Gasteiger partial charge in [-0.05, 0) is 49.1 Å². The maximum atomic E-state index is 13.6. The summed E-state index contributed by atoms with van der Waals surface area (Å²) in [6.07, 6.45) is 0.572. The molecule has 6 heteroatoms. The molecule has 2 amide bonds. The Hall–Kier alpha value is -2.89. The van der Waals surface area contributed by atoms with E-state index >= 15 is 0 Å². The summed E-state index contributed by atoms with van der Waals surface area (Å²) in [6.45, 7) is 4.11. The summed E-state index contributed by atoms with van der Waals surface area (Å²) < 4.78 is 13.6. The highest BCUT2D eigenvalue weighted by Crippen LogP contribution is 2.37. The van der Waals surface area contributed by atoms with Crippen LogP contribution < -0.4 is 16.0 Å². The summed E-state index contributed by atoms with van der Waals surface area (Å²) in [5.41, 5.74) is 8.57. The third-order valence-corrected chi connectivity index (χ3v) is 5.11. The number of nitrogens with one attached hydrogen (secondary N) is 1. The average Bonchev–Trinajstić information content (AvgIpc) is 2.64. The molecule has 5 nitrogen and oxygen atoms in total. The van der Waals surface area contributed by atoms with Gasteiger partial charge in [-0.15, -0.1) is 0 Å². The smallest absolute Gasteiger partial charge is 0.239 e. The number of halogens is 1. The van der Waals surface area contributed by atoms with Gasteiger partial charge in [0.2, 0.25) is 11.8 Å². The van der Waals surface area contributed by atoms with Crippen molar-refractivity contribution in [2.45, 2.75) is 38.8 Å². The molecule has 2 unspecified atom stereocenters. The van der Waals surface area contributed by atoms with E-state index in [-0.39, 0.29) is 42.7 Å². The van der Waals surface area contributed by atoms with Gasteiger partial charge < -0.3 is 16.0 Å². The maximum Gasteiger partial charge on any atom is 0.239 e. The monoisotopic (exact) mass is 369 g/mol. The van der Waals surface area contributed by atoms with Crippen molar-refractivity contribution in [3.63, 3.8) is 0 Å². The lowest BCUT2D eigenvalue weighted by Crippen LogP contribution is -2.46. The first-order chi connectivity index (χ1) is 12.9. The minimum Gasteiger partial charge on any atom is -0.369 e. The quantitative estimate of drug-likeness (QED) is 0.851. The second kappa shape index (κ2) is 7.78. The second-order valence-corrected chi connectivity index (χ2v) is 7.09. The molecule has 2 aromatic rings. The first kappa shape index (κ1) is 18.9. The Labute approximate surface area is 158 Å². The highest BCUT2D eigenvalue weighted by atomic mass is 19.1. The fraction of sp³-hybridized carbons (Fsp3) is 0.333. The first-order valence-electron chi connectivity index (χ1n) is 9.03. The van der Waals surface area contributed by atoms with Crippen molar-refractivity contribution in [3.05, 3.63) is 65.0 Å². The van der Waals surface area contributed by atoms with Gasteiger partial charge in [-0.1, -0.05) is 30.3 Å². The van der Waals surface area contributed by atoms with Crippen LogP contribution in [0, 0.1) is 12.7 Å². The molecular weight excluding hydrogens is 345 g/mol. The number of carbonyl (C=O) groups excluding carboxylic acids is 2. The van der Waals surface area contributed by atoms with Crippen LogP contribution in [-0.4, -0.2) is 24.4 Å². The molecule has 2 atom stereocenters. The summed E-state index contributed by atoms with van der Waals surface area (Å²) in [5.74, 6) is -1.13. The zero-order valence-electron chi connectivity index (χ0n) is 15.5. The summed E-state index contributed by atoms with van der Waals surface area (Å²) in [6, 6.07) is 12.5. The molecule has 0 radical (unpaired) electrons. The number of primary amides is 1. The first-order valence-corrected chi connectivity index (χ1v) is 9.03. The largest absolute Gasteiger partial charge is 0.369 e. The topological polar surface area (TPSA) is 75.4 Å². The van der Waals surface area contributed by atoms with Crippen LogP contribution in [0.3, 0.4) is 0 Å². The third-order valence-electron chi connectivity index (χ3n) is 5.11. The maximum absolute atomic E-state index is 13.6. The molecule has 0 aliphatic carbocycles. The van der Waals surface area contributed by atoms with Crippen molar-refractivity contribution in [2.75, 3.05) is 11.4 Å². The van der Waals surface area contributed by atoms with E-state index in [9.17, 15) is 14.0 Å². The number of aryl methyl sites for hydroxylation is 1. The van der Waals surface area contributed by atoms with E-state index in [0.29, 0.717) is 17.5 Å². The van der Waals surface area contributed by atoms with Crippen LogP contribution in [0.1, 0.15) is 36.0 Å². The lowest BCUT2D eigenvalue weighted by Gasteiger charge is -2.39. The molecule has 142 valence electrons. The van der Waals surface area contributed by atoms with Crippen LogP contribution in [0.4, 0.5) is 10.1 Å². The van der Waals surface area contributed by atoms with E-state index in [1.807, 2.05) is 36.1 Å². The number of carbonyl (C=O) groups is 2. The van der Waals surface area contributed by atoms with Crippen molar-refractivity contribution in [2.24, 2.45) is 5.73 Å².